The molecule has 2 heterocycles. The fourth-order valence-electron chi connectivity index (χ4n) is 3.43. The van der Waals surface area contributed by atoms with E-state index in [-0.39, 0.29) is 11.8 Å². The SMILES string of the molecule is O=C(Nc1ccccc1Oc1cccnc1)C1CCCN1C(=O)CC1CC1. The number of carbonyl (C=O) groups excluding carboxylic acids is 2. The summed E-state index contributed by atoms with van der Waals surface area (Å²) in [5, 5.41) is 2.95. The number of hydrogen-bond acceptors (Lipinski definition) is 4. The number of likely N-dealkylation sites (tertiary alicyclic amines) is 1. The van der Waals surface area contributed by atoms with Crippen molar-refractivity contribution in [1.29, 1.82) is 0 Å². The van der Waals surface area contributed by atoms with Crippen LogP contribution in [0.3, 0.4) is 0 Å². The first-order chi connectivity index (χ1) is 13.2. The van der Waals surface area contributed by atoms with Gasteiger partial charge in [0, 0.05) is 19.2 Å². The van der Waals surface area contributed by atoms with E-state index in [9.17, 15) is 9.59 Å². The molecule has 1 saturated carbocycles. The first kappa shape index (κ1) is 17.5. The van der Waals surface area contributed by atoms with Gasteiger partial charge in [-0.3, -0.25) is 14.6 Å². The molecule has 1 unspecified atom stereocenters. The van der Waals surface area contributed by atoms with E-state index >= 15 is 0 Å². The van der Waals surface area contributed by atoms with Crippen LogP contribution in [0.5, 0.6) is 11.5 Å². The minimum atomic E-state index is -0.400. The number of rotatable bonds is 6. The first-order valence-corrected chi connectivity index (χ1v) is 9.48. The third-order valence-corrected chi connectivity index (χ3v) is 5.04. The van der Waals surface area contributed by atoms with Gasteiger partial charge < -0.3 is 15.0 Å². The van der Waals surface area contributed by atoms with Crippen molar-refractivity contribution in [2.45, 2.75) is 38.1 Å². The Morgan fingerprint density at radius 3 is 2.78 bits per heavy atom. The normalized spacial score (nSPS) is 19.0. The lowest BCUT2D eigenvalue weighted by Crippen LogP contribution is -2.43. The van der Waals surface area contributed by atoms with Crippen LogP contribution in [0.15, 0.2) is 48.8 Å². The molecule has 2 fully saturated rings. The Morgan fingerprint density at radius 1 is 1.15 bits per heavy atom. The number of nitrogens with one attached hydrogen (secondary N) is 1. The standard InChI is InChI=1S/C21H23N3O3/c25-20(13-15-9-10-15)24-12-4-7-18(24)21(26)23-17-6-1-2-8-19(17)27-16-5-3-11-22-14-16/h1-3,5-6,8,11,14-15,18H,4,7,9-10,12-13H2,(H,23,26). The summed E-state index contributed by atoms with van der Waals surface area (Å²) >= 11 is 0. The van der Waals surface area contributed by atoms with Crippen molar-refractivity contribution < 1.29 is 14.3 Å². The summed E-state index contributed by atoms with van der Waals surface area (Å²) in [5.74, 6) is 1.62. The number of hydrogen-bond donors (Lipinski definition) is 1. The number of para-hydroxylation sites is 2. The highest BCUT2D eigenvalue weighted by Gasteiger charge is 2.36. The van der Waals surface area contributed by atoms with Crippen molar-refractivity contribution in [3.05, 3.63) is 48.8 Å². The van der Waals surface area contributed by atoms with Gasteiger partial charge >= 0.3 is 0 Å². The number of amides is 2. The molecule has 2 aliphatic rings. The van der Waals surface area contributed by atoms with E-state index in [2.05, 4.69) is 10.3 Å². The molecule has 27 heavy (non-hydrogen) atoms. The van der Waals surface area contributed by atoms with E-state index in [1.807, 2.05) is 12.1 Å². The van der Waals surface area contributed by atoms with E-state index in [1.54, 1.807) is 41.6 Å². The van der Waals surface area contributed by atoms with Gasteiger partial charge in [0.25, 0.3) is 0 Å². The Kier molecular flexibility index (Phi) is 5.05. The van der Waals surface area contributed by atoms with E-state index in [1.165, 1.54) is 0 Å². The second kappa shape index (κ2) is 7.78. The van der Waals surface area contributed by atoms with E-state index in [4.69, 9.17) is 4.74 Å². The number of anilines is 1. The molecule has 4 rings (SSSR count). The number of pyridine rings is 1. The molecule has 0 radical (unpaired) electrons. The molecule has 6 heteroatoms. The molecule has 1 aromatic heterocycles. The van der Waals surface area contributed by atoms with Crippen molar-refractivity contribution >= 4 is 17.5 Å². The number of aromatic nitrogens is 1. The molecule has 0 bridgehead atoms. The number of carbonyl (C=O) groups is 2. The Balaban J connectivity index is 1.45. The third kappa shape index (κ3) is 4.27. The van der Waals surface area contributed by atoms with Gasteiger partial charge in [-0.05, 0) is 55.9 Å². The number of nitrogens with zero attached hydrogens (tertiary/aromatic N) is 2. The molecule has 2 aromatic rings. The number of benzene rings is 1. The van der Waals surface area contributed by atoms with Crippen LogP contribution in [0.25, 0.3) is 0 Å². The van der Waals surface area contributed by atoms with Gasteiger partial charge in [-0.2, -0.15) is 0 Å². The van der Waals surface area contributed by atoms with E-state index in [0.717, 1.165) is 19.3 Å². The zero-order valence-corrected chi connectivity index (χ0v) is 15.1. The van der Waals surface area contributed by atoms with Gasteiger partial charge in [0.1, 0.15) is 11.8 Å². The molecular formula is C21H23N3O3. The molecule has 6 nitrogen and oxygen atoms in total. The molecule has 1 aliphatic carbocycles. The minimum Gasteiger partial charge on any atom is -0.454 e. The van der Waals surface area contributed by atoms with Gasteiger partial charge in [-0.15, -0.1) is 0 Å². The Bertz CT molecular complexity index is 820. The van der Waals surface area contributed by atoms with Gasteiger partial charge in [-0.25, -0.2) is 0 Å². The lowest BCUT2D eigenvalue weighted by atomic mass is 10.1. The van der Waals surface area contributed by atoms with Crippen LogP contribution in [-0.2, 0) is 9.59 Å². The largest absolute Gasteiger partial charge is 0.454 e. The lowest BCUT2D eigenvalue weighted by Gasteiger charge is -2.24. The summed E-state index contributed by atoms with van der Waals surface area (Å²) < 4.78 is 5.85. The first-order valence-electron chi connectivity index (χ1n) is 9.48. The molecule has 1 atom stereocenters. The predicted molar refractivity (Wildman–Crippen MR) is 101 cm³/mol. The van der Waals surface area contributed by atoms with Crippen molar-refractivity contribution in [2.24, 2.45) is 5.92 Å². The summed E-state index contributed by atoms with van der Waals surface area (Å²) in [4.78, 5) is 31.1. The van der Waals surface area contributed by atoms with Crippen LogP contribution in [0.4, 0.5) is 5.69 Å². The zero-order valence-electron chi connectivity index (χ0n) is 15.1. The molecule has 140 valence electrons. The lowest BCUT2D eigenvalue weighted by molar-refractivity contribution is -0.136. The summed E-state index contributed by atoms with van der Waals surface area (Å²) in [6.07, 6.45) is 7.70. The maximum absolute atomic E-state index is 12.9. The van der Waals surface area contributed by atoms with Crippen LogP contribution in [0.1, 0.15) is 32.1 Å². The Hall–Kier alpha value is -2.89. The van der Waals surface area contributed by atoms with Crippen LogP contribution in [0, 0.1) is 5.92 Å². The summed E-state index contributed by atoms with van der Waals surface area (Å²) in [6, 6.07) is 10.5. The average Bonchev–Trinajstić information content (AvgIpc) is 3.35. The van der Waals surface area contributed by atoms with Crippen molar-refractivity contribution in [1.82, 2.24) is 9.88 Å². The van der Waals surface area contributed by atoms with Crippen molar-refractivity contribution in [2.75, 3.05) is 11.9 Å². The molecule has 1 saturated heterocycles. The van der Waals surface area contributed by atoms with E-state index < -0.39 is 6.04 Å². The zero-order chi connectivity index (χ0) is 18.6. The maximum atomic E-state index is 12.9. The Labute approximate surface area is 158 Å². The highest BCUT2D eigenvalue weighted by molar-refractivity contribution is 5.98. The molecule has 0 spiro atoms. The fourth-order valence-corrected chi connectivity index (χ4v) is 3.43. The van der Waals surface area contributed by atoms with Crippen LogP contribution >= 0.6 is 0 Å². The molecule has 2 amide bonds. The fraction of sp³-hybridized carbons (Fsp3) is 0.381. The molecular weight excluding hydrogens is 342 g/mol. The average molecular weight is 365 g/mol. The summed E-state index contributed by atoms with van der Waals surface area (Å²) in [7, 11) is 0. The molecule has 1 aromatic carbocycles. The van der Waals surface area contributed by atoms with Gasteiger partial charge in [0.05, 0.1) is 11.9 Å². The van der Waals surface area contributed by atoms with Gasteiger partial charge in [0.2, 0.25) is 11.8 Å². The highest BCUT2D eigenvalue weighted by Crippen LogP contribution is 2.34. The van der Waals surface area contributed by atoms with Crippen molar-refractivity contribution in [3.63, 3.8) is 0 Å². The van der Waals surface area contributed by atoms with Gasteiger partial charge in [0.15, 0.2) is 5.75 Å². The summed E-state index contributed by atoms with van der Waals surface area (Å²) in [5.41, 5.74) is 0.591. The topological polar surface area (TPSA) is 71.5 Å². The second-order valence-electron chi connectivity index (χ2n) is 7.17. The van der Waals surface area contributed by atoms with Crippen LogP contribution < -0.4 is 10.1 Å². The van der Waals surface area contributed by atoms with Gasteiger partial charge in [-0.1, -0.05) is 12.1 Å². The predicted octanol–water partition coefficient (Wildman–Crippen LogP) is 3.60. The molecule has 1 aliphatic heterocycles. The quantitative estimate of drug-likeness (QED) is 0.849. The third-order valence-electron chi connectivity index (χ3n) is 5.04. The number of ether oxygens (including phenoxy) is 1. The van der Waals surface area contributed by atoms with E-state index in [0.29, 0.717) is 42.5 Å². The molecule has 1 N–H and O–H groups in total. The smallest absolute Gasteiger partial charge is 0.247 e. The van der Waals surface area contributed by atoms with Crippen molar-refractivity contribution in [3.8, 4) is 11.5 Å². The minimum absolute atomic E-state index is 0.107. The maximum Gasteiger partial charge on any atom is 0.247 e. The van der Waals surface area contributed by atoms with Crippen LogP contribution in [-0.4, -0.2) is 34.3 Å². The Morgan fingerprint density at radius 2 is 2.00 bits per heavy atom. The van der Waals surface area contributed by atoms with Crippen LogP contribution in [0.2, 0.25) is 0 Å². The summed E-state index contributed by atoms with van der Waals surface area (Å²) in [6.45, 7) is 0.664. The second-order valence-corrected chi connectivity index (χ2v) is 7.17. The monoisotopic (exact) mass is 365 g/mol. The highest BCUT2D eigenvalue weighted by atomic mass is 16.5.